The minimum Gasteiger partial charge on any atom is -0.378 e. The summed E-state index contributed by atoms with van der Waals surface area (Å²) in [5, 5.41) is 13.6. The van der Waals surface area contributed by atoms with Crippen LogP contribution < -0.4 is 5.32 Å². The van der Waals surface area contributed by atoms with E-state index in [1.165, 1.54) is 12.3 Å². The lowest BCUT2D eigenvalue weighted by Gasteiger charge is -2.18. The lowest BCUT2D eigenvalue weighted by molar-refractivity contribution is -0.389. The molecule has 0 aliphatic heterocycles. The maximum absolute atomic E-state index is 10.4. The fourth-order valence-corrected chi connectivity index (χ4v) is 1.46. The number of aromatic nitrogens is 1. The van der Waals surface area contributed by atoms with Crippen LogP contribution in [-0.4, -0.2) is 41.5 Å². The van der Waals surface area contributed by atoms with Crippen LogP contribution in [-0.2, 0) is 0 Å². The average Bonchev–Trinajstić information content (AvgIpc) is 2.16. The second-order valence-corrected chi connectivity index (χ2v) is 3.97. The van der Waals surface area contributed by atoms with Crippen molar-refractivity contribution in [2.75, 3.05) is 26.0 Å². The van der Waals surface area contributed by atoms with Crippen LogP contribution in [0, 0.1) is 10.1 Å². The zero-order chi connectivity index (χ0) is 12.1. The number of rotatable bonds is 5. The first-order valence-corrected chi connectivity index (χ1v) is 5.00. The van der Waals surface area contributed by atoms with Crippen LogP contribution in [0.2, 0.25) is 0 Å². The van der Waals surface area contributed by atoms with Crippen LogP contribution in [0.15, 0.2) is 18.3 Å². The summed E-state index contributed by atoms with van der Waals surface area (Å²) in [7, 11) is 3.98. The molecule has 0 spiro atoms. The normalized spacial score (nSPS) is 12.5. The van der Waals surface area contributed by atoms with Crippen LogP contribution in [0.3, 0.4) is 0 Å². The Hall–Kier alpha value is -1.69. The third-order valence-corrected chi connectivity index (χ3v) is 1.99. The lowest BCUT2D eigenvalue weighted by atomic mass is 10.3. The predicted molar refractivity (Wildman–Crippen MR) is 62.5 cm³/mol. The molecule has 0 saturated heterocycles. The molecule has 1 rings (SSSR count). The van der Waals surface area contributed by atoms with Gasteiger partial charge in [0.05, 0.1) is 5.69 Å². The van der Waals surface area contributed by atoms with E-state index >= 15 is 0 Å². The molecule has 6 heteroatoms. The van der Waals surface area contributed by atoms with Crippen LogP contribution >= 0.6 is 0 Å². The fourth-order valence-electron chi connectivity index (χ4n) is 1.46. The highest BCUT2D eigenvalue weighted by molar-refractivity contribution is 5.44. The van der Waals surface area contributed by atoms with Gasteiger partial charge in [-0.25, -0.2) is 0 Å². The van der Waals surface area contributed by atoms with Gasteiger partial charge in [-0.2, -0.15) is 0 Å². The highest BCUT2D eigenvalue weighted by Crippen LogP contribution is 2.12. The van der Waals surface area contributed by atoms with E-state index in [0.717, 1.165) is 12.2 Å². The van der Waals surface area contributed by atoms with Gasteiger partial charge in [-0.15, -0.1) is 0 Å². The molecule has 0 fully saturated rings. The summed E-state index contributed by atoms with van der Waals surface area (Å²) in [5.74, 6) is -0.134. The van der Waals surface area contributed by atoms with Crippen molar-refractivity contribution in [3.05, 3.63) is 28.4 Å². The summed E-state index contributed by atoms with van der Waals surface area (Å²) in [6.07, 6.45) is 1.48. The van der Waals surface area contributed by atoms with Gasteiger partial charge in [0.1, 0.15) is 0 Å². The maximum atomic E-state index is 10.4. The predicted octanol–water partition coefficient (Wildman–Crippen LogP) is 1.35. The molecule has 6 nitrogen and oxygen atoms in total. The first kappa shape index (κ1) is 12.4. The number of nitrogens with zero attached hydrogens (tertiary/aromatic N) is 3. The molecule has 1 aromatic heterocycles. The molecule has 0 aliphatic rings. The van der Waals surface area contributed by atoms with Gasteiger partial charge in [0.25, 0.3) is 0 Å². The largest absolute Gasteiger partial charge is 0.378 e. The molecular weight excluding hydrogens is 208 g/mol. The first-order valence-electron chi connectivity index (χ1n) is 5.00. The summed E-state index contributed by atoms with van der Waals surface area (Å²) in [6.45, 7) is 2.93. The molecule has 88 valence electrons. The molecule has 1 unspecified atom stereocenters. The van der Waals surface area contributed by atoms with Gasteiger partial charge in [-0.05, 0) is 37.0 Å². The fraction of sp³-hybridized carbons (Fsp3) is 0.500. The summed E-state index contributed by atoms with van der Waals surface area (Å²) >= 11 is 0. The summed E-state index contributed by atoms with van der Waals surface area (Å²) in [4.78, 5) is 15.7. The Morgan fingerprint density at radius 1 is 1.56 bits per heavy atom. The summed E-state index contributed by atoms with van der Waals surface area (Å²) < 4.78 is 0. The van der Waals surface area contributed by atoms with E-state index in [2.05, 4.69) is 15.2 Å². The van der Waals surface area contributed by atoms with E-state index < -0.39 is 4.92 Å². The SMILES string of the molecule is CC(CN(C)C)Nc1ccc([N+](=O)[O-])nc1. The third-order valence-electron chi connectivity index (χ3n) is 1.99. The van der Waals surface area contributed by atoms with Gasteiger partial charge >= 0.3 is 5.82 Å². The van der Waals surface area contributed by atoms with E-state index in [1.54, 1.807) is 6.07 Å². The molecule has 0 aliphatic carbocycles. The Bertz CT molecular complexity index is 350. The highest BCUT2D eigenvalue weighted by Gasteiger charge is 2.08. The van der Waals surface area contributed by atoms with Crippen molar-refractivity contribution < 1.29 is 4.92 Å². The zero-order valence-electron chi connectivity index (χ0n) is 9.67. The Labute approximate surface area is 94.4 Å². The minimum atomic E-state index is -0.507. The molecule has 0 radical (unpaired) electrons. The number of pyridine rings is 1. The standard InChI is InChI=1S/C10H16N4O2/c1-8(7-13(2)3)12-9-4-5-10(11-6-9)14(15)16/h4-6,8,12H,7H2,1-3H3. The van der Waals surface area contributed by atoms with Gasteiger partial charge in [0.15, 0.2) is 6.20 Å². The number of nitro groups is 1. The van der Waals surface area contributed by atoms with Crippen molar-refractivity contribution in [3.63, 3.8) is 0 Å². The first-order chi connectivity index (χ1) is 7.49. The van der Waals surface area contributed by atoms with E-state index in [4.69, 9.17) is 0 Å². The van der Waals surface area contributed by atoms with E-state index in [9.17, 15) is 10.1 Å². The van der Waals surface area contributed by atoms with Crippen molar-refractivity contribution in [1.82, 2.24) is 9.88 Å². The Morgan fingerprint density at radius 2 is 2.25 bits per heavy atom. The van der Waals surface area contributed by atoms with Gasteiger partial charge in [0.2, 0.25) is 0 Å². The topological polar surface area (TPSA) is 71.3 Å². The number of anilines is 1. The molecule has 1 heterocycles. The van der Waals surface area contributed by atoms with E-state index in [1.807, 2.05) is 21.0 Å². The van der Waals surface area contributed by atoms with Gasteiger partial charge in [-0.3, -0.25) is 0 Å². The number of likely N-dealkylation sites (N-methyl/N-ethyl adjacent to an activating group) is 1. The maximum Gasteiger partial charge on any atom is 0.363 e. The Kier molecular flexibility index (Phi) is 4.19. The van der Waals surface area contributed by atoms with Crippen LogP contribution in [0.4, 0.5) is 11.5 Å². The molecule has 1 aromatic rings. The van der Waals surface area contributed by atoms with Gasteiger partial charge < -0.3 is 20.3 Å². The monoisotopic (exact) mass is 224 g/mol. The van der Waals surface area contributed by atoms with Crippen molar-refractivity contribution >= 4 is 11.5 Å². The Balaban J connectivity index is 2.58. The smallest absolute Gasteiger partial charge is 0.363 e. The second kappa shape index (κ2) is 5.41. The molecule has 0 aromatic carbocycles. The molecule has 0 saturated carbocycles. The molecule has 16 heavy (non-hydrogen) atoms. The van der Waals surface area contributed by atoms with E-state index in [-0.39, 0.29) is 11.9 Å². The third kappa shape index (κ3) is 3.82. The minimum absolute atomic E-state index is 0.134. The molecule has 1 N–H and O–H groups in total. The van der Waals surface area contributed by atoms with Crippen LogP contribution in [0.1, 0.15) is 6.92 Å². The van der Waals surface area contributed by atoms with Crippen molar-refractivity contribution in [2.24, 2.45) is 0 Å². The number of nitrogens with one attached hydrogen (secondary N) is 1. The van der Waals surface area contributed by atoms with Gasteiger partial charge in [0, 0.05) is 18.7 Å². The number of hydrogen-bond donors (Lipinski definition) is 1. The molecule has 0 bridgehead atoms. The summed E-state index contributed by atoms with van der Waals surface area (Å²) in [6, 6.07) is 3.32. The van der Waals surface area contributed by atoms with Crippen molar-refractivity contribution in [3.8, 4) is 0 Å². The van der Waals surface area contributed by atoms with E-state index in [0.29, 0.717) is 0 Å². The van der Waals surface area contributed by atoms with Crippen molar-refractivity contribution in [1.29, 1.82) is 0 Å². The lowest BCUT2D eigenvalue weighted by Crippen LogP contribution is -2.29. The average molecular weight is 224 g/mol. The zero-order valence-corrected chi connectivity index (χ0v) is 9.67. The van der Waals surface area contributed by atoms with Crippen molar-refractivity contribution in [2.45, 2.75) is 13.0 Å². The van der Waals surface area contributed by atoms with Gasteiger partial charge in [-0.1, -0.05) is 0 Å². The Morgan fingerprint density at radius 3 is 2.69 bits per heavy atom. The molecular formula is C10H16N4O2. The quantitative estimate of drug-likeness (QED) is 0.604. The highest BCUT2D eigenvalue weighted by atomic mass is 16.6. The van der Waals surface area contributed by atoms with Crippen LogP contribution in [0.5, 0.6) is 0 Å². The second-order valence-electron chi connectivity index (χ2n) is 3.97. The summed E-state index contributed by atoms with van der Waals surface area (Å²) in [5.41, 5.74) is 0.792. The van der Waals surface area contributed by atoms with Crippen LogP contribution in [0.25, 0.3) is 0 Å². The molecule has 1 atom stereocenters. The number of hydrogen-bond acceptors (Lipinski definition) is 5. The molecule has 0 amide bonds.